The predicted molar refractivity (Wildman–Crippen MR) is 116 cm³/mol. The molecule has 0 bridgehead atoms. The lowest BCUT2D eigenvalue weighted by atomic mass is 10.1. The highest BCUT2D eigenvalue weighted by molar-refractivity contribution is 7.99. The second kappa shape index (κ2) is 9.71. The molecule has 0 fully saturated rings. The van der Waals surface area contributed by atoms with E-state index in [1.54, 1.807) is 12.1 Å². The van der Waals surface area contributed by atoms with Gasteiger partial charge in [-0.15, -0.1) is 0 Å². The number of halogens is 1. The third-order valence-corrected chi connectivity index (χ3v) is 5.43. The minimum Gasteiger partial charge on any atom is -0.495 e. The van der Waals surface area contributed by atoms with Gasteiger partial charge in [0.05, 0.1) is 36.4 Å². The first-order valence-corrected chi connectivity index (χ1v) is 10.3. The topological polar surface area (TPSA) is 76.2 Å². The quantitative estimate of drug-likeness (QED) is 0.505. The Morgan fingerprint density at radius 1 is 1.17 bits per heavy atom. The maximum absolute atomic E-state index is 12.4. The second-order valence-electron chi connectivity index (χ2n) is 6.30. The molecule has 1 heterocycles. The summed E-state index contributed by atoms with van der Waals surface area (Å²) in [6, 6.07) is 13.4. The maximum atomic E-state index is 12.4. The fraction of sp³-hybridized carbons (Fsp3) is 0.238. The SMILES string of the molecule is COc1cc(OC)c(NC(=O)CSc2nc(Cc3ccccc3)c(C)[nH]2)cc1Cl. The summed E-state index contributed by atoms with van der Waals surface area (Å²) in [6.07, 6.45) is 0.747. The standard InChI is InChI=1S/C21H22ClN3O3S/c1-13-16(9-14-7-5-4-6-8-14)25-21(23-13)29-12-20(26)24-17-10-15(22)18(27-2)11-19(17)28-3/h4-8,10-11H,9,12H2,1-3H3,(H,23,25)(H,24,26). The number of anilines is 1. The summed E-state index contributed by atoms with van der Waals surface area (Å²) in [5, 5.41) is 3.92. The average Bonchev–Trinajstić information content (AvgIpc) is 3.07. The van der Waals surface area contributed by atoms with Gasteiger partial charge in [-0.1, -0.05) is 53.7 Å². The number of methoxy groups -OCH3 is 2. The van der Waals surface area contributed by atoms with Gasteiger partial charge in [-0.3, -0.25) is 4.79 Å². The second-order valence-corrected chi connectivity index (χ2v) is 7.67. The molecule has 3 aromatic rings. The van der Waals surface area contributed by atoms with E-state index in [1.165, 1.54) is 31.5 Å². The number of hydrogen-bond donors (Lipinski definition) is 2. The number of hydrogen-bond acceptors (Lipinski definition) is 5. The Balaban J connectivity index is 1.61. The van der Waals surface area contributed by atoms with E-state index in [0.717, 1.165) is 17.8 Å². The van der Waals surface area contributed by atoms with Gasteiger partial charge in [0.2, 0.25) is 5.91 Å². The first-order chi connectivity index (χ1) is 14.0. The number of nitrogens with one attached hydrogen (secondary N) is 2. The number of ether oxygens (including phenoxy) is 2. The molecule has 6 nitrogen and oxygen atoms in total. The highest BCUT2D eigenvalue weighted by Gasteiger charge is 2.14. The van der Waals surface area contributed by atoms with Crippen LogP contribution in [0, 0.1) is 6.92 Å². The minimum absolute atomic E-state index is 0.187. The van der Waals surface area contributed by atoms with E-state index in [2.05, 4.69) is 27.4 Å². The summed E-state index contributed by atoms with van der Waals surface area (Å²) in [6.45, 7) is 1.99. The molecule has 152 valence electrons. The number of aryl methyl sites for hydroxylation is 1. The van der Waals surface area contributed by atoms with Gasteiger partial charge in [0.1, 0.15) is 11.5 Å². The number of benzene rings is 2. The van der Waals surface area contributed by atoms with Crippen LogP contribution < -0.4 is 14.8 Å². The number of aromatic nitrogens is 2. The number of aromatic amines is 1. The Kier molecular flexibility index (Phi) is 7.06. The summed E-state index contributed by atoms with van der Waals surface area (Å²) in [5.74, 6) is 0.967. The van der Waals surface area contributed by atoms with Crippen molar-refractivity contribution >= 4 is 35.0 Å². The molecule has 2 aromatic carbocycles. The lowest BCUT2D eigenvalue weighted by Crippen LogP contribution is -2.15. The molecule has 0 aliphatic heterocycles. The van der Waals surface area contributed by atoms with Crippen LogP contribution in [0.3, 0.4) is 0 Å². The zero-order chi connectivity index (χ0) is 20.8. The molecule has 0 unspecified atom stereocenters. The van der Waals surface area contributed by atoms with E-state index in [0.29, 0.717) is 27.4 Å². The molecule has 0 saturated heterocycles. The number of thioether (sulfide) groups is 1. The molecule has 0 atom stereocenters. The third kappa shape index (κ3) is 5.46. The van der Waals surface area contributed by atoms with Crippen LogP contribution in [0.2, 0.25) is 5.02 Å². The lowest BCUT2D eigenvalue weighted by molar-refractivity contribution is -0.113. The highest BCUT2D eigenvalue weighted by Crippen LogP contribution is 2.36. The predicted octanol–water partition coefficient (Wildman–Crippen LogP) is 4.71. The molecule has 3 rings (SSSR count). The van der Waals surface area contributed by atoms with Crippen molar-refractivity contribution in [2.75, 3.05) is 25.3 Å². The van der Waals surface area contributed by atoms with Crippen LogP contribution in [0.25, 0.3) is 0 Å². The van der Waals surface area contributed by atoms with Crippen LogP contribution >= 0.6 is 23.4 Å². The summed E-state index contributed by atoms with van der Waals surface area (Å²) in [7, 11) is 3.04. The van der Waals surface area contributed by atoms with Crippen LogP contribution in [0.5, 0.6) is 11.5 Å². The van der Waals surface area contributed by atoms with E-state index < -0.39 is 0 Å². The van der Waals surface area contributed by atoms with E-state index >= 15 is 0 Å². The number of carbonyl (C=O) groups excluding carboxylic acids is 1. The number of amides is 1. The Morgan fingerprint density at radius 2 is 1.90 bits per heavy atom. The highest BCUT2D eigenvalue weighted by atomic mass is 35.5. The van der Waals surface area contributed by atoms with Crippen molar-refractivity contribution in [1.82, 2.24) is 9.97 Å². The molecule has 1 amide bonds. The van der Waals surface area contributed by atoms with Crippen molar-refractivity contribution in [2.45, 2.75) is 18.5 Å². The first-order valence-electron chi connectivity index (χ1n) is 8.93. The zero-order valence-corrected chi connectivity index (χ0v) is 18.0. The molecule has 0 aliphatic carbocycles. The number of H-pyrrole nitrogens is 1. The lowest BCUT2D eigenvalue weighted by Gasteiger charge is -2.12. The van der Waals surface area contributed by atoms with Gasteiger partial charge in [0.25, 0.3) is 0 Å². The molecule has 8 heteroatoms. The van der Waals surface area contributed by atoms with Crippen LogP contribution in [0.1, 0.15) is 17.0 Å². The molecule has 29 heavy (non-hydrogen) atoms. The molecule has 2 N–H and O–H groups in total. The molecular weight excluding hydrogens is 410 g/mol. The summed E-state index contributed by atoms with van der Waals surface area (Å²) < 4.78 is 10.5. The molecule has 0 radical (unpaired) electrons. The van der Waals surface area contributed by atoms with Crippen molar-refractivity contribution in [2.24, 2.45) is 0 Å². The van der Waals surface area contributed by atoms with Crippen molar-refractivity contribution in [3.63, 3.8) is 0 Å². The number of rotatable bonds is 8. The Bertz CT molecular complexity index is 992. The van der Waals surface area contributed by atoms with Crippen LogP contribution in [0.4, 0.5) is 5.69 Å². The van der Waals surface area contributed by atoms with E-state index in [-0.39, 0.29) is 11.7 Å². The monoisotopic (exact) mass is 431 g/mol. The average molecular weight is 432 g/mol. The minimum atomic E-state index is -0.187. The molecule has 0 saturated carbocycles. The Morgan fingerprint density at radius 3 is 2.59 bits per heavy atom. The van der Waals surface area contributed by atoms with Crippen molar-refractivity contribution in [3.05, 3.63) is 64.4 Å². The van der Waals surface area contributed by atoms with Gasteiger partial charge in [-0.05, 0) is 18.6 Å². The molecule has 0 spiro atoms. The fourth-order valence-corrected chi connectivity index (χ4v) is 3.76. The maximum Gasteiger partial charge on any atom is 0.234 e. The first kappa shape index (κ1) is 21.1. The number of imidazole rings is 1. The van der Waals surface area contributed by atoms with Gasteiger partial charge < -0.3 is 19.8 Å². The molecule has 0 aliphatic rings. The van der Waals surface area contributed by atoms with Gasteiger partial charge in [0, 0.05) is 18.2 Å². The van der Waals surface area contributed by atoms with Crippen molar-refractivity contribution < 1.29 is 14.3 Å². The van der Waals surface area contributed by atoms with Crippen molar-refractivity contribution in [3.8, 4) is 11.5 Å². The zero-order valence-electron chi connectivity index (χ0n) is 16.4. The molecule has 1 aromatic heterocycles. The van der Waals surface area contributed by atoms with Gasteiger partial charge in [-0.25, -0.2) is 4.98 Å². The van der Waals surface area contributed by atoms with E-state index in [9.17, 15) is 4.79 Å². The van der Waals surface area contributed by atoms with Crippen LogP contribution in [-0.2, 0) is 11.2 Å². The Labute approximate surface area is 179 Å². The smallest absolute Gasteiger partial charge is 0.234 e. The summed E-state index contributed by atoms with van der Waals surface area (Å²) in [5.41, 5.74) is 3.66. The van der Waals surface area contributed by atoms with Gasteiger partial charge in [-0.2, -0.15) is 0 Å². The normalized spacial score (nSPS) is 10.6. The number of nitrogens with zero attached hydrogens (tertiary/aromatic N) is 1. The van der Waals surface area contributed by atoms with Crippen LogP contribution in [-0.4, -0.2) is 35.8 Å². The van der Waals surface area contributed by atoms with E-state index in [4.69, 9.17) is 21.1 Å². The number of carbonyl (C=O) groups is 1. The third-order valence-electron chi connectivity index (χ3n) is 4.27. The van der Waals surface area contributed by atoms with Gasteiger partial charge >= 0.3 is 0 Å². The van der Waals surface area contributed by atoms with Crippen LogP contribution in [0.15, 0.2) is 47.6 Å². The fourth-order valence-electron chi connectivity index (χ4n) is 2.77. The largest absolute Gasteiger partial charge is 0.495 e. The van der Waals surface area contributed by atoms with Crippen molar-refractivity contribution in [1.29, 1.82) is 0 Å². The van der Waals surface area contributed by atoms with Gasteiger partial charge in [0.15, 0.2) is 5.16 Å². The summed E-state index contributed by atoms with van der Waals surface area (Å²) >= 11 is 7.49. The summed E-state index contributed by atoms with van der Waals surface area (Å²) in [4.78, 5) is 20.3. The molecular formula is C21H22ClN3O3S. The Hall–Kier alpha value is -2.64. The van der Waals surface area contributed by atoms with E-state index in [1.807, 2.05) is 25.1 Å².